The lowest BCUT2D eigenvalue weighted by molar-refractivity contribution is -0.138. The molecule has 0 bridgehead atoms. The van der Waals surface area contributed by atoms with E-state index in [9.17, 15) is 4.79 Å². The molecule has 0 radical (unpaired) electrons. The zero-order valence-electron chi connectivity index (χ0n) is 11.6. The van der Waals surface area contributed by atoms with Gasteiger partial charge in [-0.05, 0) is 31.7 Å². The highest BCUT2D eigenvalue weighted by atomic mass is 16.5. The van der Waals surface area contributed by atoms with Crippen molar-refractivity contribution in [3.63, 3.8) is 0 Å². The Labute approximate surface area is 114 Å². The molecule has 0 aromatic carbocycles. The first-order valence-electron chi connectivity index (χ1n) is 6.50. The maximum Gasteiger partial charge on any atom is 0.348 e. The summed E-state index contributed by atoms with van der Waals surface area (Å²) in [6, 6.07) is 1.82. The van der Waals surface area contributed by atoms with E-state index in [4.69, 9.17) is 15.1 Å². The molecule has 0 aliphatic heterocycles. The fraction of sp³-hybridized carbons (Fsp3) is 0.571. The van der Waals surface area contributed by atoms with Gasteiger partial charge in [0.2, 0.25) is 0 Å². The summed E-state index contributed by atoms with van der Waals surface area (Å²) in [6.07, 6.45) is 6.49. The molecule has 0 aliphatic rings. The Balaban J connectivity index is 4.42. The van der Waals surface area contributed by atoms with Crippen molar-refractivity contribution >= 4 is 5.97 Å². The van der Waals surface area contributed by atoms with Gasteiger partial charge >= 0.3 is 5.97 Å². The van der Waals surface area contributed by atoms with Gasteiger partial charge in [0, 0.05) is 13.1 Å². The summed E-state index contributed by atoms with van der Waals surface area (Å²) in [5, 5.41) is 17.7. The lowest BCUT2D eigenvalue weighted by atomic mass is 10.2. The van der Waals surface area contributed by atoms with Gasteiger partial charge in [-0.3, -0.25) is 0 Å². The Bertz CT molecular complexity index is 356. The summed E-state index contributed by atoms with van der Waals surface area (Å²) >= 11 is 0. The lowest BCUT2D eigenvalue weighted by Gasteiger charge is -2.15. The highest BCUT2D eigenvalue weighted by Gasteiger charge is 2.08. The van der Waals surface area contributed by atoms with E-state index in [1.807, 2.05) is 24.8 Å². The molecule has 0 aromatic rings. The summed E-state index contributed by atoms with van der Waals surface area (Å²) < 4.78 is 4.95. The summed E-state index contributed by atoms with van der Waals surface area (Å²) in [6.45, 7) is 5.61. The van der Waals surface area contributed by atoms with E-state index in [1.165, 1.54) is 6.08 Å². The van der Waals surface area contributed by atoms with Crippen molar-refractivity contribution in [2.24, 2.45) is 0 Å². The quantitative estimate of drug-likeness (QED) is 0.226. The van der Waals surface area contributed by atoms with Crippen molar-refractivity contribution in [2.75, 3.05) is 26.3 Å². The van der Waals surface area contributed by atoms with Crippen LogP contribution in [0.5, 0.6) is 0 Å². The smallest absolute Gasteiger partial charge is 0.348 e. The van der Waals surface area contributed by atoms with E-state index < -0.39 is 5.97 Å². The topological polar surface area (TPSA) is 73.6 Å². The number of carbonyl (C=O) groups is 1. The molecule has 5 nitrogen and oxygen atoms in total. The second kappa shape index (κ2) is 11.3. The molecule has 0 saturated heterocycles. The van der Waals surface area contributed by atoms with E-state index in [2.05, 4.69) is 0 Å². The maximum absolute atomic E-state index is 11.5. The Morgan fingerprint density at radius 3 is 2.74 bits per heavy atom. The van der Waals surface area contributed by atoms with Gasteiger partial charge in [-0.2, -0.15) is 5.26 Å². The predicted octanol–water partition coefficient (Wildman–Crippen LogP) is 1.61. The summed E-state index contributed by atoms with van der Waals surface area (Å²) in [4.78, 5) is 13.4. The van der Waals surface area contributed by atoms with Crippen molar-refractivity contribution in [2.45, 2.75) is 26.7 Å². The zero-order chi connectivity index (χ0) is 14.5. The molecule has 0 saturated carbocycles. The molecule has 106 valence electrons. The van der Waals surface area contributed by atoms with Gasteiger partial charge in [-0.1, -0.05) is 13.3 Å². The number of aliphatic hydroxyl groups is 1. The number of rotatable bonds is 9. The molecule has 5 heteroatoms. The number of ether oxygens (including phenoxy) is 1. The third-order valence-electron chi connectivity index (χ3n) is 2.42. The molecule has 0 amide bonds. The van der Waals surface area contributed by atoms with Gasteiger partial charge in [0.05, 0.1) is 13.2 Å². The number of nitriles is 1. The normalized spacial score (nSPS) is 11.4. The van der Waals surface area contributed by atoms with Gasteiger partial charge < -0.3 is 14.7 Å². The van der Waals surface area contributed by atoms with Gasteiger partial charge in [-0.25, -0.2) is 4.79 Å². The molecular formula is C14H22N2O3. The minimum atomic E-state index is -0.592. The molecule has 0 heterocycles. The number of unbranched alkanes of at least 4 members (excludes halogenated alkanes) is 1. The number of likely N-dealkylation sites (N-methyl/N-ethyl adjacent to an activating group) is 1. The van der Waals surface area contributed by atoms with Gasteiger partial charge in [0.15, 0.2) is 0 Å². The van der Waals surface area contributed by atoms with E-state index in [1.54, 1.807) is 12.3 Å². The van der Waals surface area contributed by atoms with Crippen molar-refractivity contribution < 1.29 is 14.6 Å². The zero-order valence-corrected chi connectivity index (χ0v) is 11.6. The Kier molecular flexibility index (Phi) is 10.2. The van der Waals surface area contributed by atoms with Crippen molar-refractivity contribution in [1.82, 2.24) is 4.90 Å². The summed E-state index contributed by atoms with van der Waals surface area (Å²) in [5.74, 6) is -0.592. The fourth-order valence-electron chi connectivity index (χ4n) is 1.27. The average molecular weight is 266 g/mol. The minimum Gasteiger partial charge on any atom is -0.462 e. The molecule has 0 rings (SSSR count). The average Bonchev–Trinajstić information content (AvgIpc) is 2.42. The van der Waals surface area contributed by atoms with Crippen LogP contribution in [0.3, 0.4) is 0 Å². The van der Waals surface area contributed by atoms with E-state index in [-0.39, 0.29) is 12.2 Å². The van der Waals surface area contributed by atoms with Crippen LogP contribution >= 0.6 is 0 Å². The molecule has 1 N–H and O–H groups in total. The highest BCUT2D eigenvalue weighted by molar-refractivity contribution is 5.93. The first kappa shape index (κ1) is 17.2. The van der Waals surface area contributed by atoms with Crippen molar-refractivity contribution in [1.29, 1.82) is 5.26 Å². The Hall–Kier alpha value is -1.80. The van der Waals surface area contributed by atoms with Crippen LogP contribution in [0.25, 0.3) is 0 Å². The molecule has 19 heavy (non-hydrogen) atoms. The molecule has 0 atom stereocenters. The summed E-state index contributed by atoms with van der Waals surface area (Å²) in [5.41, 5.74) is -0.0209. The van der Waals surface area contributed by atoms with Crippen LogP contribution in [0.15, 0.2) is 23.9 Å². The van der Waals surface area contributed by atoms with Gasteiger partial charge in [-0.15, -0.1) is 0 Å². The second-order valence-electron chi connectivity index (χ2n) is 3.88. The third kappa shape index (κ3) is 8.01. The van der Waals surface area contributed by atoms with Crippen molar-refractivity contribution in [3.8, 4) is 6.07 Å². The van der Waals surface area contributed by atoms with Crippen molar-refractivity contribution in [3.05, 3.63) is 23.9 Å². The molecule has 0 aromatic heterocycles. The number of allylic oxidation sites excluding steroid dienone is 2. The van der Waals surface area contributed by atoms with Gasteiger partial charge in [0.25, 0.3) is 0 Å². The van der Waals surface area contributed by atoms with Crippen LogP contribution in [-0.4, -0.2) is 42.3 Å². The highest BCUT2D eigenvalue weighted by Crippen LogP contribution is 2.00. The van der Waals surface area contributed by atoms with Crippen LogP contribution in [0.2, 0.25) is 0 Å². The molecule has 0 spiro atoms. The van der Waals surface area contributed by atoms with E-state index in [0.717, 1.165) is 19.4 Å². The second-order valence-corrected chi connectivity index (χ2v) is 3.88. The standard InChI is InChI=1S/C14H22N2O3/c1-3-5-11-19-14(18)13(12-15)7-6-8-16(4-2)9-10-17/h6-8,17H,3-5,9-11H2,1-2H3/b8-6+,13-7+. The molecule has 0 unspecified atom stereocenters. The number of nitrogens with zero attached hydrogens (tertiary/aromatic N) is 2. The number of esters is 1. The van der Waals surface area contributed by atoms with Gasteiger partial charge in [0.1, 0.15) is 11.6 Å². The molecule has 0 aliphatic carbocycles. The first-order chi connectivity index (χ1) is 9.19. The lowest BCUT2D eigenvalue weighted by Crippen LogP contribution is -2.20. The third-order valence-corrected chi connectivity index (χ3v) is 2.42. The predicted molar refractivity (Wildman–Crippen MR) is 73.0 cm³/mol. The summed E-state index contributed by atoms with van der Waals surface area (Å²) in [7, 11) is 0. The Morgan fingerprint density at radius 2 is 2.21 bits per heavy atom. The van der Waals surface area contributed by atoms with Crippen LogP contribution in [0.1, 0.15) is 26.7 Å². The number of aliphatic hydroxyl groups excluding tert-OH is 1. The maximum atomic E-state index is 11.5. The number of hydrogen-bond acceptors (Lipinski definition) is 5. The van der Waals surface area contributed by atoms with Crippen LogP contribution in [-0.2, 0) is 9.53 Å². The fourth-order valence-corrected chi connectivity index (χ4v) is 1.27. The van der Waals surface area contributed by atoms with Crippen LogP contribution < -0.4 is 0 Å². The first-order valence-corrected chi connectivity index (χ1v) is 6.50. The van der Waals surface area contributed by atoms with Crippen LogP contribution in [0.4, 0.5) is 0 Å². The Morgan fingerprint density at radius 1 is 1.47 bits per heavy atom. The monoisotopic (exact) mass is 266 g/mol. The van der Waals surface area contributed by atoms with Crippen LogP contribution in [0, 0.1) is 11.3 Å². The van der Waals surface area contributed by atoms with E-state index in [0.29, 0.717) is 13.2 Å². The molecule has 0 fully saturated rings. The van der Waals surface area contributed by atoms with E-state index >= 15 is 0 Å². The molecular weight excluding hydrogens is 244 g/mol. The number of carbonyl (C=O) groups excluding carboxylic acids is 1. The minimum absolute atomic E-state index is 0.0209. The largest absolute Gasteiger partial charge is 0.462 e. The SMILES string of the molecule is CCCCOC(=O)/C(C#N)=C/C=C/N(CC)CCO. The number of hydrogen-bond donors (Lipinski definition) is 1.